The summed E-state index contributed by atoms with van der Waals surface area (Å²) in [6.45, 7) is 0. The zero-order chi connectivity index (χ0) is 20.1. The van der Waals surface area contributed by atoms with Gasteiger partial charge in [-0.1, -0.05) is 0 Å². The molecule has 6 N–H and O–H groups in total. The van der Waals surface area contributed by atoms with Crippen molar-refractivity contribution in [2.75, 3.05) is 17.3 Å². The summed E-state index contributed by atoms with van der Waals surface area (Å²) in [6.07, 6.45) is -6.25. The Labute approximate surface area is 145 Å². The molecular weight excluding hydrogens is 408 g/mol. The minimum atomic E-state index is -4.53. The molecule has 0 aromatic carbocycles. The minimum absolute atomic E-state index is 0.440. The molecule has 3 unspecified atom stereocenters. The molecule has 0 saturated heterocycles. The quantitative estimate of drug-likeness (QED) is 0.177. The average molecular weight is 430 g/mol. The van der Waals surface area contributed by atoms with E-state index in [9.17, 15) is 40.6 Å². The van der Waals surface area contributed by atoms with Gasteiger partial charge in [0.1, 0.15) is 17.3 Å². The molecular formula is C10H22O12S3. The maximum Gasteiger partial charge on any atom is 0.267 e. The van der Waals surface area contributed by atoms with Gasteiger partial charge in [0.05, 0.1) is 18.3 Å². The van der Waals surface area contributed by atoms with Crippen LogP contribution >= 0.6 is 0 Å². The summed E-state index contributed by atoms with van der Waals surface area (Å²) in [5.74, 6) is -4.17. The van der Waals surface area contributed by atoms with Gasteiger partial charge in [0.2, 0.25) is 0 Å². The van der Waals surface area contributed by atoms with Crippen molar-refractivity contribution in [1.29, 1.82) is 0 Å². The van der Waals surface area contributed by atoms with Crippen molar-refractivity contribution >= 4 is 30.4 Å². The van der Waals surface area contributed by atoms with Gasteiger partial charge < -0.3 is 15.3 Å². The first kappa shape index (κ1) is 24.6. The first-order valence-corrected chi connectivity index (χ1v) is 11.7. The normalized spacial score (nSPS) is 18.5. The highest BCUT2D eigenvalue weighted by Crippen LogP contribution is 2.22. The fourth-order valence-electron chi connectivity index (χ4n) is 2.38. The molecule has 0 saturated carbocycles. The van der Waals surface area contributed by atoms with E-state index in [-0.39, 0.29) is 0 Å². The van der Waals surface area contributed by atoms with Crippen molar-refractivity contribution in [3.05, 3.63) is 0 Å². The van der Waals surface area contributed by atoms with Crippen molar-refractivity contribution in [1.82, 2.24) is 0 Å². The molecule has 0 bridgehead atoms. The van der Waals surface area contributed by atoms with Crippen molar-refractivity contribution in [2.24, 2.45) is 5.92 Å². The molecule has 12 nitrogen and oxygen atoms in total. The topological polar surface area (TPSA) is 224 Å². The zero-order valence-electron chi connectivity index (χ0n) is 12.9. The summed E-state index contributed by atoms with van der Waals surface area (Å²) < 4.78 is 90.3. The van der Waals surface area contributed by atoms with Crippen LogP contribution in [0.2, 0.25) is 0 Å². The molecule has 0 amide bonds. The lowest BCUT2D eigenvalue weighted by atomic mass is 9.90. The van der Waals surface area contributed by atoms with E-state index >= 15 is 0 Å². The Morgan fingerprint density at radius 2 is 0.720 bits per heavy atom. The number of hydrogen-bond acceptors (Lipinski definition) is 9. The van der Waals surface area contributed by atoms with Crippen molar-refractivity contribution < 1.29 is 54.2 Å². The highest BCUT2D eigenvalue weighted by Gasteiger charge is 2.27. The number of rotatable bonds is 12. The van der Waals surface area contributed by atoms with Gasteiger partial charge in [0, 0.05) is 0 Å². The first-order chi connectivity index (χ1) is 11.0. The van der Waals surface area contributed by atoms with E-state index in [0.717, 1.165) is 0 Å². The third-order valence-electron chi connectivity index (χ3n) is 3.03. The molecule has 0 spiro atoms. The Kier molecular flexibility index (Phi) is 9.37. The predicted molar refractivity (Wildman–Crippen MR) is 84.6 cm³/mol. The van der Waals surface area contributed by atoms with Crippen LogP contribution in [0.25, 0.3) is 0 Å². The van der Waals surface area contributed by atoms with Crippen LogP contribution in [-0.4, -0.2) is 89.8 Å². The summed E-state index contributed by atoms with van der Waals surface area (Å²) in [5, 5.41) is 28.8. The van der Waals surface area contributed by atoms with Gasteiger partial charge in [-0.3, -0.25) is 13.7 Å². The highest BCUT2D eigenvalue weighted by molar-refractivity contribution is 7.86. The van der Waals surface area contributed by atoms with Gasteiger partial charge in [0.25, 0.3) is 30.4 Å². The second kappa shape index (κ2) is 9.52. The van der Waals surface area contributed by atoms with Crippen molar-refractivity contribution in [3.8, 4) is 0 Å². The van der Waals surface area contributed by atoms with Crippen molar-refractivity contribution in [2.45, 2.75) is 37.6 Å². The predicted octanol–water partition coefficient (Wildman–Crippen LogP) is -2.48. The molecule has 152 valence electrons. The molecule has 0 radical (unpaired) electrons. The van der Waals surface area contributed by atoms with E-state index in [1.807, 2.05) is 0 Å². The molecule has 0 aromatic heterocycles. The zero-order valence-corrected chi connectivity index (χ0v) is 15.4. The number of hydrogen-bond donors (Lipinski definition) is 6. The molecule has 15 heteroatoms. The summed E-state index contributed by atoms with van der Waals surface area (Å²) in [7, 11) is -13.6. The van der Waals surface area contributed by atoms with E-state index < -0.39 is 91.1 Å². The average Bonchev–Trinajstić information content (AvgIpc) is 2.18. The van der Waals surface area contributed by atoms with Crippen LogP contribution in [0, 0.1) is 5.92 Å². The molecule has 0 fully saturated rings. The molecule has 0 aromatic rings. The van der Waals surface area contributed by atoms with Crippen LogP contribution in [0.1, 0.15) is 19.3 Å². The van der Waals surface area contributed by atoms with Crippen LogP contribution in [0.5, 0.6) is 0 Å². The van der Waals surface area contributed by atoms with E-state index in [4.69, 9.17) is 13.7 Å². The number of aliphatic hydroxyl groups excluding tert-OH is 3. The monoisotopic (exact) mass is 430 g/mol. The maximum absolute atomic E-state index is 10.7. The Balaban J connectivity index is 5.03. The Bertz CT molecular complexity index is 610. The van der Waals surface area contributed by atoms with E-state index in [2.05, 4.69) is 0 Å². The SMILES string of the molecule is O=S(=O)(O)CC(O)CC(CC(O)CS(=O)(=O)O)CC(O)CS(=O)(=O)O. The first-order valence-electron chi connectivity index (χ1n) is 6.86. The lowest BCUT2D eigenvalue weighted by Crippen LogP contribution is -2.31. The van der Waals surface area contributed by atoms with Crippen LogP contribution < -0.4 is 0 Å². The van der Waals surface area contributed by atoms with Crippen LogP contribution in [0.15, 0.2) is 0 Å². The van der Waals surface area contributed by atoms with Crippen LogP contribution in [-0.2, 0) is 30.4 Å². The Hall–Kier alpha value is -0.390. The second-order valence-electron chi connectivity index (χ2n) is 5.78. The highest BCUT2D eigenvalue weighted by atomic mass is 32.2. The van der Waals surface area contributed by atoms with Gasteiger partial charge in [-0.05, 0) is 25.2 Å². The third-order valence-corrected chi connectivity index (χ3v) is 5.44. The van der Waals surface area contributed by atoms with E-state index in [0.29, 0.717) is 0 Å². The Morgan fingerprint density at radius 1 is 0.520 bits per heavy atom. The smallest absolute Gasteiger partial charge is 0.267 e. The fourth-order valence-corrected chi connectivity index (χ4v) is 4.24. The van der Waals surface area contributed by atoms with E-state index in [1.165, 1.54) is 0 Å². The standard InChI is InChI=1S/C10H22O12S3/c11-8(4-23(14,15)16)1-7(2-9(12)5-24(17,18)19)3-10(13)6-25(20,21)22/h7-13H,1-6H2,(H,14,15,16)(H,17,18,19)(H,20,21,22). The lowest BCUT2D eigenvalue weighted by Gasteiger charge is -2.24. The van der Waals surface area contributed by atoms with Gasteiger partial charge in [0.15, 0.2) is 0 Å². The number of aliphatic hydroxyl groups is 3. The fraction of sp³-hybridized carbons (Fsp3) is 1.00. The van der Waals surface area contributed by atoms with Crippen molar-refractivity contribution in [3.63, 3.8) is 0 Å². The molecule has 3 atom stereocenters. The summed E-state index contributed by atoms with van der Waals surface area (Å²) in [4.78, 5) is 0. The molecule has 25 heavy (non-hydrogen) atoms. The molecule has 0 aliphatic carbocycles. The summed E-state index contributed by atoms with van der Waals surface area (Å²) in [6, 6.07) is 0. The molecule has 0 rings (SSSR count). The second-order valence-corrected chi connectivity index (χ2v) is 10.3. The molecule has 0 aliphatic rings. The van der Waals surface area contributed by atoms with Gasteiger partial charge >= 0.3 is 0 Å². The van der Waals surface area contributed by atoms with Gasteiger partial charge in [-0.2, -0.15) is 25.3 Å². The van der Waals surface area contributed by atoms with Crippen LogP contribution in [0.3, 0.4) is 0 Å². The largest absolute Gasteiger partial charge is 0.392 e. The summed E-state index contributed by atoms with van der Waals surface area (Å²) >= 11 is 0. The lowest BCUT2D eigenvalue weighted by molar-refractivity contribution is 0.0888. The van der Waals surface area contributed by atoms with Crippen LogP contribution in [0.4, 0.5) is 0 Å². The van der Waals surface area contributed by atoms with Gasteiger partial charge in [-0.25, -0.2) is 0 Å². The molecule has 0 aliphatic heterocycles. The maximum atomic E-state index is 10.7. The Morgan fingerprint density at radius 3 is 0.880 bits per heavy atom. The molecule has 0 heterocycles. The summed E-state index contributed by atoms with van der Waals surface area (Å²) in [5.41, 5.74) is 0. The van der Waals surface area contributed by atoms with Gasteiger partial charge in [-0.15, -0.1) is 0 Å². The van der Waals surface area contributed by atoms with E-state index in [1.54, 1.807) is 0 Å². The minimum Gasteiger partial charge on any atom is -0.392 e. The third kappa shape index (κ3) is 15.6.